The van der Waals surface area contributed by atoms with E-state index in [1.54, 1.807) is 7.05 Å². The number of carboxylic acid groups (broad SMARTS) is 1. The molecule has 1 fully saturated rings. The van der Waals surface area contributed by atoms with Gasteiger partial charge in [0.15, 0.2) is 0 Å². The number of sulfonamides is 1. The average molecular weight is 316 g/mol. The van der Waals surface area contributed by atoms with Crippen molar-refractivity contribution < 1.29 is 23.1 Å². The van der Waals surface area contributed by atoms with Crippen LogP contribution in [0.4, 0.5) is 0 Å². The fourth-order valence-corrected chi connectivity index (χ4v) is 3.16. The second-order valence-electron chi connectivity index (χ2n) is 4.76. The van der Waals surface area contributed by atoms with Gasteiger partial charge in [0.2, 0.25) is 15.9 Å². The predicted octanol–water partition coefficient (Wildman–Crippen LogP) is -1.23. The van der Waals surface area contributed by atoms with Gasteiger partial charge < -0.3 is 10.0 Å². The van der Waals surface area contributed by atoms with Crippen LogP contribution in [0, 0.1) is 0 Å². The van der Waals surface area contributed by atoms with E-state index in [1.807, 2.05) is 0 Å². The second kappa shape index (κ2) is 5.82. The molecule has 0 unspecified atom stereocenters. The molecule has 1 amide bonds. The number of hydrogen-bond acceptors (Lipinski definition) is 5. The Bertz CT molecular complexity index is 653. The van der Waals surface area contributed by atoms with E-state index in [9.17, 15) is 18.0 Å². The Labute approximate surface area is 121 Å². The summed E-state index contributed by atoms with van der Waals surface area (Å²) in [5.41, 5.74) is 0. The molecular formula is C11H16N4O5S. The molecule has 0 aliphatic carbocycles. The summed E-state index contributed by atoms with van der Waals surface area (Å²) < 4.78 is 27.3. The number of rotatable bonds is 5. The van der Waals surface area contributed by atoms with Crippen LogP contribution in [0.2, 0.25) is 0 Å². The molecular weight excluding hydrogens is 300 g/mol. The quantitative estimate of drug-likeness (QED) is 0.702. The van der Waals surface area contributed by atoms with Gasteiger partial charge in [-0.25, -0.2) is 17.9 Å². The number of carbonyl (C=O) groups excluding carboxylic acids is 1. The van der Waals surface area contributed by atoms with E-state index in [0.717, 1.165) is 0 Å². The van der Waals surface area contributed by atoms with Crippen molar-refractivity contribution in [2.45, 2.75) is 23.8 Å². The zero-order valence-electron chi connectivity index (χ0n) is 11.4. The second-order valence-corrected chi connectivity index (χ2v) is 6.52. The van der Waals surface area contributed by atoms with Crippen molar-refractivity contribution >= 4 is 21.9 Å². The monoisotopic (exact) mass is 316 g/mol. The van der Waals surface area contributed by atoms with Crippen LogP contribution in [0.1, 0.15) is 12.8 Å². The third kappa shape index (κ3) is 3.39. The summed E-state index contributed by atoms with van der Waals surface area (Å²) in [4.78, 5) is 24.1. The summed E-state index contributed by atoms with van der Waals surface area (Å²) in [6.45, 7) is -0.147. The molecule has 2 rings (SSSR count). The number of aryl methyl sites for hydroxylation is 1. The first-order chi connectivity index (χ1) is 9.81. The predicted molar refractivity (Wildman–Crippen MR) is 70.8 cm³/mol. The average Bonchev–Trinajstić information content (AvgIpc) is 3.04. The molecule has 9 nitrogen and oxygen atoms in total. The molecule has 1 aromatic rings. The highest BCUT2D eigenvalue weighted by molar-refractivity contribution is 7.89. The number of likely N-dealkylation sites (tertiary alicyclic amines) is 1. The maximum absolute atomic E-state index is 12.0. The van der Waals surface area contributed by atoms with E-state index in [0.29, 0.717) is 19.4 Å². The summed E-state index contributed by atoms with van der Waals surface area (Å²) in [5, 5.41) is 12.7. The van der Waals surface area contributed by atoms with Crippen LogP contribution in [-0.4, -0.2) is 59.2 Å². The third-order valence-corrected chi connectivity index (χ3v) is 4.62. The lowest BCUT2D eigenvalue weighted by Gasteiger charge is -2.21. The van der Waals surface area contributed by atoms with Crippen molar-refractivity contribution in [3.8, 4) is 0 Å². The van der Waals surface area contributed by atoms with Crippen molar-refractivity contribution in [2.24, 2.45) is 7.05 Å². The minimum Gasteiger partial charge on any atom is -0.480 e. The molecule has 2 N–H and O–H groups in total. The molecule has 1 atom stereocenters. The molecule has 2 heterocycles. The summed E-state index contributed by atoms with van der Waals surface area (Å²) in [6.07, 6.45) is 3.46. The lowest BCUT2D eigenvalue weighted by Crippen LogP contribution is -2.45. The number of hydrogen-bond donors (Lipinski definition) is 2. The van der Waals surface area contributed by atoms with Crippen molar-refractivity contribution in [1.82, 2.24) is 19.4 Å². The Morgan fingerprint density at radius 2 is 2.24 bits per heavy atom. The summed E-state index contributed by atoms with van der Waals surface area (Å²) in [5.74, 6) is -1.62. The van der Waals surface area contributed by atoms with Crippen LogP contribution in [0.3, 0.4) is 0 Å². The van der Waals surface area contributed by atoms with Gasteiger partial charge in [0.25, 0.3) is 0 Å². The Hall–Kier alpha value is -1.94. The van der Waals surface area contributed by atoms with Gasteiger partial charge >= 0.3 is 5.97 Å². The number of amides is 1. The molecule has 116 valence electrons. The van der Waals surface area contributed by atoms with Crippen LogP contribution < -0.4 is 4.72 Å². The summed E-state index contributed by atoms with van der Waals surface area (Å²) >= 11 is 0. The number of nitrogens with one attached hydrogen (secondary N) is 1. The zero-order valence-corrected chi connectivity index (χ0v) is 12.2. The van der Waals surface area contributed by atoms with Crippen molar-refractivity contribution in [3.63, 3.8) is 0 Å². The van der Waals surface area contributed by atoms with E-state index in [4.69, 9.17) is 5.11 Å². The lowest BCUT2D eigenvalue weighted by atomic mass is 10.2. The van der Waals surface area contributed by atoms with Crippen molar-refractivity contribution in [1.29, 1.82) is 0 Å². The van der Waals surface area contributed by atoms with Gasteiger partial charge in [-0.2, -0.15) is 5.10 Å². The van der Waals surface area contributed by atoms with Crippen LogP contribution in [0.25, 0.3) is 0 Å². The first-order valence-electron chi connectivity index (χ1n) is 6.32. The van der Waals surface area contributed by atoms with Gasteiger partial charge in [-0.3, -0.25) is 9.48 Å². The van der Waals surface area contributed by atoms with Gasteiger partial charge in [0.05, 0.1) is 12.7 Å². The van der Waals surface area contributed by atoms with E-state index in [2.05, 4.69) is 9.82 Å². The van der Waals surface area contributed by atoms with Gasteiger partial charge in [-0.15, -0.1) is 0 Å². The molecule has 1 saturated heterocycles. The Morgan fingerprint density at radius 3 is 2.81 bits per heavy atom. The molecule has 1 aliphatic rings. The Balaban J connectivity index is 1.99. The van der Waals surface area contributed by atoms with Gasteiger partial charge in [-0.1, -0.05) is 0 Å². The standard InChI is InChI=1S/C11H16N4O5S/c1-14-7-8(5-12-14)21(19,20)13-6-10(16)15-4-2-3-9(15)11(17)18/h5,7,9,13H,2-4,6H2,1H3,(H,17,18)/t9-/m1/s1. The van der Waals surface area contributed by atoms with Crippen LogP contribution >= 0.6 is 0 Å². The molecule has 0 spiro atoms. The fraction of sp³-hybridized carbons (Fsp3) is 0.545. The first kappa shape index (κ1) is 15.4. The maximum Gasteiger partial charge on any atom is 0.326 e. The molecule has 1 aliphatic heterocycles. The summed E-state index contributed by atoms with van der Waals surface area (Å²) in [7, 11) is -2.25. The Morgan fingerprint density at radius 1 is 1.52 bits per heavy atom. The van der Waals surface area contributed by atoms with Gasteiger partial charge in [0, 0.05) is 19.8 Å². The van der Waals surface area contributed by atoms with Crippen LogP contribution in [-0.2, 0) is 26.7 Å². The smallest absolute Gasteiger partial charge is 0.326 e. The largest absolute Gasteiger partial charge is 0.480 e. The molecule has 0 bridgehead atoms. The highest BCUT2D eigenvalue weighted by Crippen LogP contribution is 2.17. The van der Waals surface area contributed by atoms with E-state index >= 15 is 0 Å². The minimum absolute atomic E-state index is 0.0472. The number of carboxylic acids is 1. The topological polar surface area (TPSA) is 122 Å². The normalized spacial score (nSPS) is 18.9. The SMILES string of the molecule is Cn1cc(S(=O)(=O)NCC(=O)N2CCC[C@@H]2C(=O)O)cn1. The van der Waals surface area contributed by atoms with Crippen LogP contribution in [0.5, 0.6) is 0 Å². The lowest BCUT2D eigenvalue weighted by molar-refractivity contribution is -0.147. The minimum atomic E-state index is -3.83. The van der Waals surface area contributed by atoms with E-state index < -0.39 is 34.5 Å². The van der Waals surface area contributed by atoms with Crippen molar-refractivity contribution in [3.05, 3.63) is 12.4 Å². The molecule has 1 aromatic heterocycles. The van der Waals surface area contributed by atoms with Crippen LogP contribution in [0.15, 0.2) is 17.3 Å². The molecule has 10 heteroatoms. The van der Waals surface area contributed by atoms with E-state index in [1.165, 1.54) is 22.0 Å². The first-order valence-corrected chi connectivity index (χ1v) is 7.80. The zero-order chi connectivity index (χ0) is 15.6. The molecule has 0 aromatic carbocycles. The van der Waals surface area contributed by atoms with E-state index in [-0.39, 0.29) is 4.90 Å². The number of aromatic nitrogens is 2. The number of carbonyl (C=O) groups is 2. The number of nitrogens with zero attached hydrogens (tertiary/aromatic N) is 3. The van der Waals surface area contributed by atoms with Gasteiger partial charge in [0.1, 0.15) is 10.9 Å². The maximum atomic E-state index is 12.0. The number of aliphatic carboxylic acids is 1. The summed E-state index contributed by atoms with van der Waals surface area (Å²) in [6, 6.07) is -0.875. The molecule has 21 heavy (non-hydrogen) atoms. The van der Waals surface area contributed by atoms with Gasteiger partial charge in [-0.05, 0) is 12.8 Å². The molecule has 0 saturated carbocycles. The molecule has 0 radical (unpaired) electrons. The Kier molecular flexibility index (Phi) is 4.28. The third-order valence-electron chi connectivity index (χ3n) is 3.26. The highest BCUT2D eigenvalue weighted by atomic mass is 32.2. The highest BCUT2D eigenvalue weighted by Gasteiger charge is 2.34. The fourth-order valence-electron chi connectivity index (χ4n) is 2.20. The van der Waals surface area contributed by atoms with Crippen molar-refractivity contribution in [2.75, 3.05) is 13.1 Å².